The lowest BCUT2D eigenvalue weighted by molar-refractivity contribution is 0.0599. The summed E-state index contributed by atoms with van der Waals surface area (Å²) in [7, 11) is 1.32. The van der Waals surface area contributed by atoms with Gasteiger partial charge in [0.15, 0.2) is 0 Å². The summed E-state index contributed by atoms with van der Waals surface area (Å²) < 4.78 is 10.2. The molecule has 2 rings (SSSR count). The Kier molecular flexibility index (Phi) is 4.51. The van der Waals surface area contributed by atoms with Crippen molar-refractivity contribution < 1.29 is 13.9 Å². The maximum atomic E-state index is 11.5. The number of nitriles is 1. The lowest BCUT2D eigenvalue weighted by Crippen LogP contribution is -2.01. The van der Waals surface area contributed by atoms with Crippen LogP contribution < -0.4 is 5.32 Å². The van der Waals surface area contributed by atoms with Crippen LogP contribution in [0.4, 0.5) is 5.69 Å². The number of furan rings is 1. The van der Waals surface area contributed by atoms with E-state index in [1.807, 2.05) is 6.07 Å². The first-order valence-electron chi connectivity index (χ1n) is 6.16. The summed E-state index contributed by atoms with van der Waals surface area (Å²) >= 11 is 6.05. The topological polar surface area (TPSA) is 75.3 Å². The Morgan fingerprint density at radius 1 is 1.48 bits per heavy atom. The number of nitrogens with zero attached hydrogens (tertiary/aromatic N) is 1. The molecule has 0 fully saturated rings. The molecular weight excluding hydrogens is 292 g/mol. The number of hydrogen-bond acceptors (Lipinski definition) is 5. The lowest BCUT2D eigenvalue weighted by atomic mass is 10.2. The van der Waals surface area contributed by atoms with Gasteiger partial charge in [-0.25, -0.2) is 4.79 Å². The molecule has 1 aromatic carbocycles. The minimum absolute atomic E-state index is 0.340. The minimum Gasteiger partial charge on any atom is -0.465 e. The highest BCUT2D eigenvalue weighted by atomic mass is 35.5. The lowest BCUT2D eigenvalue weighted by Gasteiger charge is -2.06. The number of nitrogens with one attached hydrogen (secondary N) is 1. The van der Waals surface area contributed by atoms with Gasteiger partial charge in [0.05, 0.1) is 36.0 Å². The van der Waals surface area contributed by atoms with Crippen molar-refractivity contribution >= 4 is 23.3 Å². The summed E-state index contributed by atoms with van der Waals surface area (Å²) in [6.07, 6.45) is 0. The van der Waals surface area contributed by atoms with E-state index < -0.39 is 5.97 Å². The van der Waals surface area contributed by atoms with Crippen molar-refractivity contribution in [1.29, 1.82) is 5.26 Å². The summed E-state index contributed by atoms with van der Waals surface area (Å²) in [5, 5.41) is 12.5. The van der Waals surface area contributed by atoms with Crippen LogP contribution in [-0.2, 0) is 11.3 Å². The predicted molar refractivity (Wildman–Crippen MR) is 78.3 cm³/mol. The standard InChI is InChI=1S/C15H13ClN2O3/c1-9-12(15(19)20-2)6-11(21-9)8-18-14-5-10(7-17)3-4-13(14)16/h3-6,18H,8H2,1-2H3. The van der Waals surface area contributed by atoms with Gasteiger partial charge in [0.2, 0.25) is 0 Å². The number of benzene rings is 1. The highest BCUT2D eigenvalue weighted by Crippen LogP contribution is 2.24. The second kappa shape index (κ2) is 6.33. The van der Waals surface area contributed by atoms with Crippen LogP contribution in [0.25, 0.3) is 0 Å². The van der Waals surface area contributed by atoms with E-state index in [0.29, 0.717) is 39.9 Å². The normalized spacial score (nSPS) is 10.0. The van der Waals surface area contributed by atoms with Gasteiger partial charge in [-0.15, -0.1) is 0 Å². The molecule has 0 aliphatic heterocycles. The molecule has 108 valence electrons. The molecule has 0 atom stereocenters. The molecular formula is C15H13ClN2O3. The van der Waals surface area contributed by atoms with Gasteiger partial charge in [0, 0.05) is 0 Å². The number of anilines is 1. The Morgan fingerprint density at radius 3 is 2.90 bits per heavy atom. The summed E-state index contributed by atoms with van der Waals surface area (Å²) in [6, 6.07) is 8.61. The van der Waals surface area contributed by atoms with E-state index >= 15 is 0 Å². The highest BCUT2D eigenvalue weighted by Gasteiger charge is 2.15. The monoisotopic (exact) mass is 304 g/mol. The Hall–Kier alpha value is -2.45. The number of methoxy groups -OCH3 is 1. The summed E-state index contributed by atoms with van der Waals surface area (Å²) in [5.41, 5.74) is 1.53. The molecule has 1 N–H and O–H groups in total. The molecule has 0 amide bonds. The SMILES string of the molecule is COC(=O)c1cc(CNc2cc(C#N)ccc2Cl)oc1C. The van der Waals surface area contributed by atoms with E-state index in [2.05, 4.69) is 10.1 Å². The Balaban J connectivity index is 2.14. The molecule has 0 spiro atoms. The third-order valence-electron chi connectivity index (χ3n) is 2.92. The fraction of sp³-hybridized carbons (Fsp3) is 0.200. The Bertz CT molecular complexity index is 716. The van der Waals surface area contributed by atoms with Gasteiger partial charge in [-0.05, 0) is 31.2 Å². The van der Waals surface area contributed by atoms with Crippen LogP contribution in [0.5, 0.6) is 0 Å². The second-order valence-electron chi connectivity index (χ2n) is 4.33. The average molecular weight is 305 g/mol. The molecule has 6 heteroatoms. The molecule has 0 saturated carbocycles. The van der Waals surface area contributed by atoms with Crippen molar-refractivity contribution in [3.05, 3.63) is 51.9 Å². The zero-order chi connectivity index (χ0) is 15.4. The van der Waals surface area contributed by atoms with Crippen molar-refractivity contribution in [2.24, 2.45) is 0 Å². The maximum Gasteiger partial charge on any atom is 0.341 e. The minimum atomic E-state index is -0.438. The fourth-order valence-corrected chi connectivity index (χ4v) is 2.04. The molecule has 0 radical (unpaired) electrons. The summed E-state index contributed by atoms with van der Waals surface area (Å²) in [6.45, 7) is 2.03. The van der Waals surface area contributed by atoms with E-state index in [1.54, 1.807) is 31.2 Å². The van der Waals surface area contributed by atoms with Crippen molar-refractivity contribution in [3.8, 4) is 6.07 Å². The van der Waals surface area contributed by atoms with Gasteiger partial charge in [-0.2, -0.15) is 5.26 Å². The molecule has 1 aromatic heterocycles. The number of aryl methyl sites for hydroxylation is 1. The van der Waals surface area contributed by atoms with Crippen LogP contribution in [-0.4, -0.2) is 13.1 Å². The number of rotatable bonds is 4. The molecule has 1 heterocycles. The molecule has 5 nitrogen and oxygen atoms in total. The van der Waals surface area contributed by atoms with E-state index in [0.717, 1.165) is 0 Å². The predicted octanol–water partition coefficient (Wildman–Crippen LogP) is 3.51. The zero-order valence-corrected chi connectivity index (χ0v) is 12.3. The third kappa shape index (κ3) is 3.36. The largest absolute Gasteiger partial charge is 0.465 e. The van der Waals surface area contributed by atoms with Crippen LogP contribution in [0.2, 0.25) is 5.02 Å². The first kappa shape index (κ1) is 14.9. The first-order valence-corrected chi connectivity index (χ1v) is 6.54. The Morgan fingerprint density at radius 2 is 2.24 bits per heavy atom. The van der Waals surface area contributed by atoms with Gasteiger partial charge < -0.3 is 14.5 Å². The quantitative estimate of drug-likeness (QED) is 0.875. The van der Waals surface area contributed by atoms with Crippen LogP contribution in [0.3, 0.4) is 0 Å². The molecule has 0 unspecified atom stereocenters. The molecule has 0 aliphatic carbocycles. The van der Waals surface area contributed by atoms with Gasteiger partial charge in [0.25, 0.3) is 0 Å². The van der Waals surface area contributed by atoms with Gasteiger partial charge in [0.1, 0.15) is 17.1 Å². The van der Waals surface area contributed by atoms with Crippen LogP contribution in [0, 0.1) is 18.3 Å². The van der Waals surface area contributed by atoms with E-state index in [-0.39, 0.29) is 0 Å². The smallest absolute Gasteiger partial charge is 0.341 e. The first-order chi connectivity index (χ1) is 10.0. The van der Waals surface area contributed by atoms with Crippen molar-refractivity contribution in [2.75, 3.05) is 12.4 Å². The number of hydrogen-bond donors (Lipinski definition) is 1. The number of esters is 1. The molecule has 0 saturated heterocycles. The van der Waals surface area contributed by atoms with E-state index in [4.69, 9.17) is 21.3 Å². The van der Waals surface area contributed by atoms with Crippen LogP contribution in [0.15, 0.2) is 28.7 Å². The van der Waals surface area contributed by atoms with Crippen molar-refractivity contribution in [3.63, 3.8) is 0 Å². The van der Waals surface area contributed by atoms with E-state index in [9.17, 15) is 4.79 Å². The van der Waals surface area contributed by atoms with Gasteiger partial charge in [-0.3, -0.25) is 0 Å². The maximum absolute atomic E-state index is 11.5. The summed E-state index contributed by atoms with van der Waals surface area (Å²) in [4.78, 5) is 11.5. The number of halogens is 1. The average Bonchev–Trinajstić information content (AvgIpc) is 2.86. The molecule has 0 bridgehead atoms. The highest BCUT2D eigenvalue weighted by molar-refractivity contribution is 6.33. The number of carbonyl (C=O) groups excluding carboxylic acids is 1. The molecule has 0 aliphatic rings. The van der Waals surface area contributed by atoms with Crippen molar-refractivity contribution in [1.82, 2.24) is 0 Å². The van der Waals surface area contributed by atoms with Crippen LogP contribution >= 0.6 is 11.6 Å². The Labute approximate surface area is 127 Å². The zero-order valence-electron chi connectivity index (χ0n) is 11.6. The number of carbonyl (C=O) groups is 1. The van der Waals surface area contributed by atoms with Gasteiger partial charge in [-0.1, -0.05) is 11.6 Å². The number of ether oxygens (including phenoxy) is 1. The third-order valence-corrected chi connectivity index (χ3v) is 3.25. The fourth-order valence-electron chi connectivity index (χ4n) is 1.86. The summed E-state index contributed by atoms with van der Waals surface area (Å²) in [5.74, 6) is 0.633. The van der Waals surface area contributed by atoms with Crippen LogP contribution in [0.1, 0.15) is 27.4 Å². The van der Waals surface area contributed by atoms with E-state index in [1.165, 1.54) is 7.11 Å². The molecule has 2 aromatic rings. The molecule has 21 heavy (non-hydrogen) atoms. The van der Waals surface area contributed by atoms with Gasteiger partial charge >= 0.3 is 5.97 Å². The van der Waals surface area contributed by atoms with Crippen molar-refractivity contribution in [2.45, 2.75) is 13.5 Å². The second-order valence-corrected chi connectivity index (χ2v) is 4.74.